The van der Waals surface area contributed by atoms with Crippen LogP contribution in [-0.2, 0) is 19.1 Å². The van der Waals surface area contributed by atoms with Crippen molar-refractivity contribution in [2.75, 3.05) is 27.3 Å². The maximum absolute atomic E-state index is 13.1. The fourth-order valence-electron chi connectivity index (χ4n) is 4.23. The third-order valence-corrected chi connectivity index (χ3v) is 5.83. The molecule has 0 aliphatic carbocycles. The molecule has 2 fully saturated rings. The maximum atomic E-state index is 13.1. The molecule has 2 atom stereocenters. The Morgan fingerprint density at radius 1 is 0.767 bits per heavy atom. The molecule has 2 aliphatic rings. The van der Waals surface area contributed by atoms with Gasteiger partial charge in [0.2, 0.25) is 0 Å². The van der Waals surface area contributed by atoms with Crippen LogP contribution in [0.2, 0.25) is 0 Å². The largest absolute Gasteiger partial charge is 0.467 e. The lowest BCUT2D eigenvalue weighted by Gasteiger charge is -2.34. The Balaban J connectivity index is 1.82. The number of esters is 2. The van der Waals surface area contributed by atoms with E-state index in [1.54, 1.807) is 18.2 Å². The zero-order valence-electron chi connectivity index (χ0n) is 17.5. The first kappa shape index (κ1) is 21.8. The fraction of sp³-hybridized carbons (Fsp3) is 0.545. The zero-order chi connectivity index (χ0) is 21.7. The van der Waals surface area contributed by atoms with Crippen LogP contribution in [0, 0.1) is 0 Å². The molecule has 0 N–H and O–H groups in total. The summed E-state index contributed by atoms with van der Waals surface area (Å²) in [6.45, 7) is 0.931. The van der Waals surface area contributed by atoms with Crippen molar-refractivity contribution >= 4 is 23.8 Å². The molecule has 8 heteroatoms. The first-order valence-electron chi connectivity index (χ1n) is 10.4. The van der Waals surface area contributed by atoms with Gasteiger partial charge in [0.05, 0.1) is 14.2 Å². The number of carbonyl (C=O) groups excluding carboxylic acids is 4. The average molecular weight is 416 g/mol. The van der Waals surface area contributed by atoms with Crippen molar-refractivity contribution in [2.45, 2.75) is 50.6 Å². The maximum Gasteiger partial charge on any atom is 0.328 e. The molecule has 2 heterocycles. The monoisotopic (exact) mass is 416 g/mol. The summed E-state index contributed by atoms with van der Waals surface area (Å²) in [5.41, 5.74) is 0.673. The molecule has 3 rings (SSSR count). The van der Waals surface area contributed by atoms with Gasteiger partial charge in [0.1, 0.15) is 12.1 Å². The minimum atomic E-state index is -0.610. The minimum absolute atomic E-state index is 0.303. The summed E-state index contributed by atoms with van der Waals surface area (Å²) < 4.78 is 9.71. The van der Waals surface area contributed by atoms with E-state index in [1.165, 1.54) is 30.1 Å². The van der Waals surface area contributed by atoms with E-state index >= 15 is 0 Å². The van der Waals surface area contributed by atoms with Crippen LogP contribution in [0.15, 0.2) is 24.3 Å². The summed E-state index contributed by atoms with van der Waals surface area (Å²) in [7, 11) is 2.63. The minimum Gasteiger partial charge on any atom is -0.467 e. The lowest BCUT2D eigenvalue weighted by molar-refractivity contribution is -0.147. The number of benzene rings is 1. The fourth-order valence-corrected chi connectivity index (χ4v) is 4.23. The van der Waals surface area contributed by atoms with E-state index < -0.39 is 24.0 Å². The van der Waals surface area contributed by atoms with E-state index in [0.29, 0.717) is 37.1 Å². The Bertz CT molecular complexity index is 760. The number of likely N-dealkylation sites (tertiary alicyclic amines) is 2. The van der Waals surface area contributed by atoms with Gasteiger partial charge in [0.25, 0.3) is 11.8 Å². The van der Waals surface area contributed by atoms with E-state index in [1.807, 2.05) is 0 Å². The summed E-state index contributed by atoms with van der Waals surface area (Å²) >= 11 is 0. The van der Waals surface area contributed by atoms with E-state index in [0.717, 1.165) is 25.7 Å². The van der Waals surface area contributed by atoms with Gasteiger partial charge in [-0.15, -0.1) is 0 Å². The van der Waals surface area contributed by atoms with Crippen molar-refractivity contribution in [3.63, 3.8) is 0 Å². The molecule has 0 radical (unpaired) electrons. The highest BCUT2D eigenvalue weighted by Gasteiger charge is 2.35. The lowest BCUT2D eigenvalue weighted by Crippen LogP contribution is -2.49. The molecular formula is C22H28N2O6. The van der Waals surface area contributed by atoms with Gasteiger partial charge < -0.3 is 19.3 Å². The molecule has 30 heavy (non-hydrogen) atoms. The van der Waals surface area contributed by atoms with Crippen LogP contribution in [0.25, 0.3) is 0 Å². The summed E-state index contributed by atoms with van der Waals surface area (Å²) in [6.07, 6.45) is 4.45. The standard InChI is InChI=1S/C22H28N2O6/c1-29-21(27)17-10-3-5-12-23(17)19(25)15-8-7-9-16(14-15)20(26)24-13-6-4-11-18(24)22(28)30-2/h7-9,14,17-18H,3-6,10-13H2,1-2H3. The second-order valence-electron chi connectivity index (χ2n) is 7.65. The lowest BCUT2D eigenvalue weighted by atomic mass is 9.99. The SMILES string of the molecule is COC(=O)C1CCCCN1C(=O)c1cccc(C(=O)N2CCCCC2C(=O)OC)c1. The van der Waals surface area contributed by atoms with Gasteiger partial charge in [-0.2, -0.15) is 0 Å². The van der Waals surface area contributed by atoms with E-state index in [9.17, 15) is 19.2 Å². The van der Waals surface area contributed by atoms with E-state index in [-0.39, 0.29) is 11.8 Å². The number of piperidine rings is 2. The Morgan fingerprint density at radius 2 is 1.20 bits per heavy atom. The number of carbonyl (C=O) groups is 4. The zero-order valence-corrected chi connectivity index (χ0v) is 17.5. The predicted molar refractivity (Wildman–Crippen MR) is 108 cm³/mol. The van der Waals surface area contributed by atoms with Crippen molar-refractivity contribution in [1.82, 2.24) is 9.80 Å². The molecule has 2 unspecified atom stereocenters. The predicted octanol–water partition coefficient (Wildman–Crippen LogP) is 2.02. The molecule has 2 amide bonds. The van der Waals surface area contributed by atoms with Gasteiger partial charge >= 0.3 is 11.9 Å². The molecule has 0 aromatic heterocycles. The highest BCUT2D eigenvalue weighted by molar-refractivity contribution is 6.01. The third kappa shape index (κ3) is 4.47. The Kier molecular flexibility index (Phi) is 7.07. The van der Waals surface area contributed by atoms with Crippen LogP contribution in [0.1, 0.15) is 59.2 Å². The summed E-state index contributed by atoms with van der Waals surface area (Å²) in [4.78, 5) is 53.5. The molecule has 0 spiro atoms. The van der Waals surface area contributed by atoms with Crippen LogP contribution in [-0.4, -0.2) is 72.9 Å². The normalized spacial score (nSPS) is 21.7. The number of hydrogen-bond acceptors (Lipinski definition) is 6. The highest BCUT2D eigenvalue weighted by atomic mass is 16.5. The molecule has 0 saturated carbocycles. The second kappa shape index (κ2) is 9.73. The quantitative estimate of drug-likeness (QED) is 0.697. The molecule has 162 valence electrons. The molecule has 1 aromatic carbocycles. The van der Waals surface area contributed by atoms with Crippen molar-refractivity contribution in [3.05, 3.63) is 35.4 Å². The van der Waals surface area contributed by atoms with Crippen LogP contribution in [0.4, 0.5) is 0 Å². The van der Waals surface area contributed by atoms with Crippen LogP contribution < -0.4 is 0 Å². The molecule has 8 nitrogen and oxygen atoms in total. The van der Waals surface area contributed by atoms with E-state index in [2.05, 4.69) is 0 Å². The molecule has 0 bridgehead atoms. The van der Waals surface area contributed by atoms with Crippen LogP contribution in [0.3, 0.4) is 0 Å². The van der Waals surface area contributed by atoms with Crippen LogP contribution >= 0.6 is 0 Å². The second-order valence-corrected chi connectivity index (χ2v) is 7.65. The number of methoxy groups -OCH3 is 2. The summed E-state index contributed by atoms with van der Waals surface area (Å²) in [5, 5.41) is 0. The van der Waals surface area contributed by atoms with Gasteiger partial charge in [-0.3, -0.25) is 9.59 Å². The summed E-state index contributed by atoms with van der Waals surface area (Å²) in [5.74, 6) is -1.46. The molecule has 1 aromatic rings. The number of rotatable bonds is 4. The van der Waals surface area contributed by atoms with Gasteiger partial charge in [-0.1, -0.05) is 6.07 Å². The number of nitrogens with zero attached hydrogens (tertiary/aromatic N) is 2. The number of amides is 2. The van der Waals surface area contributed by atoms with Gasteiger partial charge in [-0.25, -0.2) is 9.59 Å². The van der Waals surface area contributed by atoms with Gasteiger partial charge in [0, 0.05) is 24.2 Å². The smallest absolute Gasteiger partial charge is 0.328 e. The summed E-state index contributed by atoms with van der Waals surface area (Å²) in [6, 6.07) is 5.24. The first-order chi connectivity index (χ1) is 14.5. The van der Waals surface area contributed by atoms with Gasteiger partial charge in [-0.05, 0) is 56.7 Å². The topological polar surface area (TPSA) is 93.2 Å². The third-order valence-electron chi connectivity index (χ3n) is 5.83. The van der Waals surface area contributed by atoms with E-state index in [4.69, 9.17) is 9.47 Å². The van der Waals surface area contributed by atoms with Crippen LogP contribution in [0.5, 0.6) is 0 Å². The number of ether oxygens (including phenoxy) is 2. The Hall–Kier alpha value is -2.90. The van der Waals surface area contributed by atoms with Crippen molar-refractivity contribution < 1.29 is 28.7 Å². The van der Waals surface area contributed by atoms with Crippen molar-refractivity contribution in [2.24, 2.45) is 0 Å². The average Bonchev–Trinajstić information content (AvgIpc) is 2.82. The molecule has 2 aliphatic heterocycles. The highest BCUT2D eigenvalue weighted by Crippen LogP contribution is 2.23. The first-order valence-corrected chi connectivity index (χ1v) is 10.4. The van der Waals surface area contributed by atoms with Crippen molar-refractivity contribution in [1.29, 1.82) is 0 Å². The Morgan fingerprint density at radius 3 is 1.60 bits per heavy atom. The van der Waals surface area contributed by atoms with Gasteiger partial charge in [0.15, 0.2) is 0 Å². The Labute approximate surface area is 176 Å². The molecular weight excluding hydrogens is 388 g/mol. The molecule has 2 saturated heterocycles. The number of hydrogen-bond donors (Lipinski definition) is 0. The van der Waals surface area contributed by atoms with Crippen molar-refractivity contribution in [3.8, 4) is 0 Å².